The number of amides is 2. The van der Waals surface area contributed by atoms with Crippen molar-refractivity contribution in [1.82, 2.24) is 14.8 Å². The lowest BCUT2D eigenvalue weighted by Gasteiger charge is -2.48. The highest BCUT2D eigenvalue weighted by atomic mass is 32.2. The third-order valence-electron chi connectivity index (χ3n) is 7.00. The molecule has 1 aromatic heterocycles. The summed E-state index contributed by atoms with van der Waals surface area (Å²) >= 11 is 2.85. The van der Waals surface area contributed by atoms with Crippen molar-refractivity contribution in [3.05, 3.63) is 53.1 Å². The van der Waals surface area contributed by atoms with Gasteiger partial charge in [-0.3, -0.25) is 9.69 Å². The van der Waals surface area contributed by atoms with Crippen molar-refractivity contribution < 1.29 is 28.3 Å². The fourth-order valence-corrected chi connectivity index (χ4v) is 8.76. The van der Waals surface area contributed by atoms with Gasteiger partial charge in [-0.25, -0.2) is 14.6 Å². The lowest BCUT2D eigenvalue weighted by Crippen LogP contribution is -2.64. The number of esters is 1. The molecule has 4 heterocycles. The van der Waals surface area contributed by atoms with Gasteiger partial charge in [-0.05, 0) is 39.1 Å². The number of hydrogen-bond acceptors (Lipinski definition) is 9. The third-order valence-corrected chi connectivity index (χ3v) is 10.3. The van der Waals surface area contributed by atoms with Crippen LogP contribution < -0.4 is 0 Å². The van der Waals surface area contributed by atoms with E-state index in [1.165, 1.54) is 35.3 Å². The Kier molecular flexibility index (Phi) is 9.13. The van der Waals surface area contributed by atoms with E-state index in [1.807, 2.05) is 32.2 Å². The summed E-state index contributed by atoms with van der Waals surface area (Å²) in [5.74, 6) is -1.08. The molecule has 3 aliphatic rings. The van der Waals surface area contributed by atoms with Crippen LogP contribution in [0, 0.1) is 11.8 Å². The Labute approximate surface area is 245 Å². The maximum atomic E-state index is 13.4. The van der Waals surface area contributed by atoms with Crippen molar-refractivity contribution in [1.29, 1.82) is 0 Å². The molecule has 2 amide bonds. The van der Waals surface area contributed by atoms with Crippen LogP contribution in [0.1, 0.15) is 26.5 Å². The summed E-state index contributed by atoms with van der Waals surface area (Å²) in [6.07, 6.45) is 4.40. The SMILES string of the molecule is C=CCOC(=O)C1=C(Sc2nc(C3=C[C@@H](C)N(C(=O)OCC=C)C3)cs2)[C@H](C)[C@@H]2[C@@H]([C@@H](C)O[Si](C)(C)C)C(=O)N12. The van der Waals surface area contributed by atoms with Gasteiger partial charge in [0.15, 0.2) is 12.7 Å². The molecule has 3 aliphatic heterocycles. The molecule has 0 unspecified atom stereocenters. The Morgan fingerprint density at radius 1 is 1.23 bits per heavy atom. The van der Waals surface area contributed by atoms with E-state index in [0.717, 1.165) is 20.5 Å². The highest BCUT2D eigenvalue weighted by Crippen LogP contribution is 2.53. The molecular weight excluding hydrogens is 567 g/mol. The van der Waals surface area contributed by atoms with E-state index in [9.17, 15) is 14.4 Å². The Morgan fingerprint density at radius 2 is 1.90 bits per heavy atom. The van der Waals surface area contributed by atoms with Crippen molar-refractivity contribution in [2.45, 2.75) is 62.9 Å². The summed E-state index contributed by atoms with van der Waals surface area (Å²) in [6, 6.07) is -0.304. The van der Waals surface area contributed by atoms with Crippen molar-refractivity contribution >= 4 is 55.0 Å². The minimum absolute atomic E-state index is 0.0550. The molecule has 5 atom stereocenters. The monoisotopic (exact) mass is 603 g/mol. The highest BCUT2D eigenvalue weighted by molar-refractivity contribution is 8.04. The molecule has 1 fully saturated rings. The molecule has 0 aliphatic carbocycles. The van der Waals surface area contributed by atoms with Gasteiger partial charge in [-0.15, -0.1) is 11.3 Å². The second-order valence-electron chi connectivity index (χ2n) is 11.1. The number of carbonyl (C=O) groups is 3. The zero-order valence-corrected chi connectivity index (χ0v) is 26.5. The lowest BCUT2D eigenvalue weighted by molar-refractivity contribution is -0.163. The van der Waals surface area contributed by atoms with Gasteiger partial charge in [-0.1, -0.05) is 50.1 Å². The van der Waals surface area contributed by atoms with Crippen LogP contribution in [0.15, 0.2) is 51.7 Å². The van der Waals surface area contributed by atoms with Gasteiger partial charge < -0.3 is 18.8 Å². The Balaban J connectivity index is 1.55. The predicted molar refractivity (Wildman–Crippen MR) is 159 cm³/mol. The Morgan fingerprint density at radius 3 is 2.55 bits per heavy atom. The summed E-state index contributed by atoms with van der Waals surface area (Å²) < 4.78 is 17.6. The normalized spacial score (nSPS) is 24.9. The number of rotatable bonds is 11. The Hall–Kier alpha value is -2.67. The molecule has 40 heavy (non-hydrogen) atoms. The van der Waals surface area contributed by atoms with E-state index >= 15 is 0 Å². The molecule has 216 valence electrons. The topological polar surface area (TPSA) is 98.3 Å². The summed E-state index contributed by atoms with van der Waals surface area (Å²) in [4.78, 5) is 47.8. The van der Waals surface area contributed by atoms with Gasteiger partial charge in [0.1, 0.15) is 18.9 Å². The minimum atomic E-state index is -1.87. The van der Waals surface area contributed by atoms with E-state index in [2.05, 4.69) is 32.8 Å². The minimum Gasteiger partial charge on any atom is -0.457 e. The van der Waals surface area contributed by atoms with Crippen molar-refractivity contribution in [3.8, 4) is 0 Å². The molecule has 0 N–H and O–H groups in total. The lowest BCUT2D eigenvalue weighted by atomic mass is 9.79. The van der Waals surface area contributed by atoms with E-state index in [1.54, 1.807) is 9.80 Å². The first kappa shape index (κ1) is 30.3. The van der Waals surface area contributed by atoms with Crippen LogP contribution >= 0.6 is 23.1 Å². The van der Waals surface area contributed by atoms with Gasteiger partial charge in [0.2, 0.25) is 5.91 Å². The van der Waals surface area contributed by atoms with Crippen LogP contribution in [-0.2, 0) is 23.5 Å². The summed E-state index contributed by atoms with van der Waals surface area (Å²) in [7, 11) is -1.87. The third kappa shape index (κ3) is 6.00. The molecule has 0 spiro atoms. The second kappa shape index (κ2) is 12.1. The van der Waals surface area contributed by atoms with Crippen molar-refractivity contribution in [3.63, 3.8) is 0 Å². The van der Waals surface area contributed by atoms with Crippen LogP contribution in [0.25, 0.3) is 5.57 Å². The fraction of sp³-hybridized carbons (Fsp3) is 0.500. The van der Waals surface area contributed by atoms with E-state index in [-0.39, 0.29) is 54.8 Å². The average molecular weight is 604 g/mol. The quantitative estimate of drug-likeness (QED) is 0.145. The molecule has 9 nitrogen and oxygen atoms in total. The zero-order valence-electron chi connectivity index (χ0n) is 23.8. The summed E-state index contributed by atoms with van der Waals surface area (Å²) in [5.41, 5.74) is 1.99. The summed E-state index contributed by atoms with van der Waals surface area (Å²) in [5, 5.41) is 1.95. The molecule has 12 heteroatoms. The predicted octanol–water partition coefficient (Wildman–Crippen LogP) is 5.30. The summed E-state index contributed by atoms with van der Waals surface area (Å²) in [6.45, 7) is 20.0. The highest BCUT2D eigenvalue weighted by Gasteiger charge is 2.61. The van der Waals surface area contributed by atoms with Gasteiger partial charge in [0, 0.05) is 16.2 Å². The van der Waals surface area contributed by atoms with Crippen molar-refractivity contribution in [2.24, 2.45) is 11.8 Å². The number of ether oxygens (including phenoxy) is 2. The van der Waals surface area contributed by atoms with Gasteiger partial charge in [0.05, 0.1) is 36.3 Å². The molecule has 0 bridgehead atoms. The van der Waals surface area contributed by atoms with Crippen molar-refractivity contribution in [2.75, 3.05) is 19.8 Å². The van der Waals surface area contributed by atoms with Crippen LogP contribution in [-0.4, -0.2) is 79.0 Å². The van der Waals surface area contributed by atoms with Gasteiger partial charge >= 0.3 is 12.1 Å². The zero-order chi connectivity index (χ0) is 29.4. The van der Waals surface area contributed by atoms with Gasteiger partial charge in [-0.2, -0.15) is 0 Å². The molecule has 0 radical (unpaired) electrons. The first-order chi connectivity index (χ1) is 18.9. The first-order valence-corrected chi connectivity index (χ1v) is 18.4. The van der Waals surface area contributed by atoms with Crippen LogP contribution in [0.2, 0.25) is 19.6 Å². The largest absolute Gasteiger partial charge is 0.457 e. The maximum absolute atomic E-state index is 13.4. The van der Waals surface area contributed by atoms with E-state index in [4.69, 9.17) is 18.9 Å². The van der Waals surface area contributed by atoms with E-state index < -0.39 is 20.4 Å². The Bertz CT molecular complexity index is 1270. The molecule has 0 saturated carbocycles. The molecule has 4 rings (SSSR count). The number of aromatic nitrogens is 1. The standard InChI is InChI=1S/C28H37N3O6S2Si/c1-9-11-35-26(33)23-24(17(4)22-21(25(32)31(22)23)18(5)37-40(6,7)8)39-27-29-20(15-38-27)19-13-16(3)30(14-19)28(34)36-12-10-2/h9-10,13,15-18,21-22H,1-2,11-12,14H2,3-8H3/t16-,17-,18-,21-,22-/m1/s1. The van der Waals surface area contributed by atoms with Crippen LogP contribution in [0.4, 0.5) is 4.79 Å². The van der Waals surface area contributed by atoms with Crippen LogP contribution in [0.5, 0.6) is 0 Å². The molecular formula is C28H37N3O6S2Si. The number of thiazole rings is 1. The van der Waals surface area contributed by atoms with Crippen LogP contribution in [0.3, 0.4) is 0 Å². The smallest absolute Gasteiger partial charge is 0.410 e. The fourth-order valence-electron chi connectivity index (χ4n) is 5.39. The number of hydrogen-bond donors (Lipinski definition) is 0. The second-order valence-corrected chi connectivity index (χ2v) is 17.7. The average Bonchev–Trinajstić information content (AvgIpc) is 3.56. The number of thioether (sulfide) groups is 1. The molecule has 1 saturated heterocycles. The molecule has 0 aromatic carbocycles. The maximum Gasteiger partial charge on any atom is 0.410 e. The number of β-lactam (4-membered cyclic amide) rings is 1. The number of nitrogens with zero attached hydrogens (tertiary/aromatic N) is 3. The first-order valence-electron chi connectivity index (χ1n) is 13.3. The van der Waals surface area contributed by atoms with E-state index in [0.29, 0.717) is 6.54 Å². The molecule has 1 aromatic rings. The number of carbonyl (C=O) groups excluding carboxylic acids is 3. The number of fused-ring (bicyclic) bond motifs is 1. The van der Waals surface area contributed by atoms with Gasteiger partial charge in [0.25, 0.3) is 0 Å².